The van der Waals surface area contributed by atoms with Crippen molar-refractivity contribution in [2.45, 2.75) is 26.7 Å². The number of carbonyl (C=O) groups is 3. The third-order valence-corrected chi connectivity index (χ3v) is 2.79. The molecule has 0 saturated heterocycles. The van der Waals surface area contributed by atoms with E-state index in [1.54, 1.807) is 0 Å². The van der Waals surface area contributed by atoms with Gasteiger partial charge in [-0.15, -0.1) is 0 Å². The SMILES string of the molecule is CCCc1c(NOC(=O)/C=C/C(=O)O)ccc(C(C)=O)c1O. The van der Waals surface area contributed by atoms with E-state index < -0.39 is 11.9 Å². The molecule has 0 bridgehead atoms. The molecule has 1 aromatic carbocycles. The van der Waals surface area contributed by atoms with Crippen molar-refractivity contribution >= 4 is 23.4 Å². The molecule has 0 aliphatic heterocycles. The van der Waals surface area contributed by atoms with E-state index in [0.29, 0.717) is 30.2 Å². The zero-order valence-corrected chi connectivity index (χ0v) is 12.3. The number of carboxylic acid groups (broad SMARTS) is 1. The van der Waals surface area contributed by atoms with Gasteiger partial charge in [0.05, 0.1) is 11.3 Å². The molecule has 0 spiro atoms. The summed E-state index contributed by atoms with van der Waals surface area (Å²) >= 11 is 0. The van der Waals surface area contributed by atoms with Crippen LogP contribution in [0.1, 0.15) is 36.2 Å². The van der Waals surface area contributed by atoms with Gasteiger partial charge < -0.3 is 15.1 Å². The first-order valence-corrected chi connectivity index (χ1v) is 6.60. The molecule has 0 fully saturated rings. The Morgan fingerprint density at radius 2 is 1.95 bits per heavy atom. The topological polar surface area (TPSA) is 113 Å². The number of phenols is 1. The molecule has 118 valence electrons. The van der Waals surface area contributed by atoms with Crippen LogP contribution in [0.3, 0.4) is 0 Å². The average Bonchev–Trinajstić information content (AvgIpc) is 2.45. The van der Waals surface area contributed by atoms with Gasteiger partial charge in [0.15, 0.2) is 5.78 Å². The van der Waals surface area contributed by atoms with Gasteiger partial charge in [-0.2, -0.15) is 0 Å². The normalized spacial score (nSPS) is 10.5. The van der Waals surface area contributed by atoms with Gasteiger partial charge in [0.1, 0.15) is 5.75 Å². The van der Waals surface area contributed by atoms with Gasteiger partial charge in [-0.05, 0) is 25.5 Å². The molecule has 0 aliphatic carbocycles. The Balaban J connectivity index is 2.95. The Bertz CT molecular complexity index is 621. The lowest BCUT2D eigenvalue weighted by Gasteiger charge is -2.14. The Morgan fingerprint density at radius 3 is 2.50 bits per heavy atom. The maximum absolute atomic E-state index is 11.4. The lowest BCUT2D eigenvalue weighted by atomic mass is 10.0. The number of benzene rings is 1. The monoisotopic (exact) mass is 307 g/mol. The molecule has 7 heteroatoms. The highest BCUT2D eigenvalue weighted by molar-refractivity contribution is 5.98. The molecular weight excluding hydrogens is 290 g/mol. The second kappa shape index (κ2) is 7.82. The summed E-state index contributed by atoms with van der Waals surface area (Å²) < 4.78 is 0. The number of aromatic hydroxyl groups is 1. The van der Waals surface area contributed by atoms with E-state index in [0.717, 1.165) is 6.08 Å². The van der Waals surface area contributed by atoms with Crippen LogP contribution in [0, 0.1) is 0 Å². The van der Waals surface area contributed by atoms with Crippen LogP contribution in [-0.2, 0) is 20.8 Å². The van der Waals surface area contributed by atoms with Crippen LogP contribution in [0.4, 0.5) is 5.69 Å². The van der Waals surface area contributed by atoms with Crippen LogP contribution in [0.5, 0.6) is 5.75 Å². The number of nitrogens with one attached hydrogen (secondary N) is 1. The maximum atomic E-state index is 11.4. The minimum Gasteiger partial charge on any atom is -0.507 e. The number of aliphatic carboxylic acids is 1. The van der Waals surface area contributed by atoms with E-state index in [2.05, 4.69) is 10.3 Å². The highest BCUT2D eigenvalue weighted by Crippen LogP contribution is 2.31. The van der Waals surface area contributed by atoms with Gasteiger partial charge >= 0.3 is 11.9 Å². The standard InChI is InChI=1S/C15H17NO6/c1-3-4-11-12(6-5-10(9(2)17)15(11)21)16-22-14(20)8-7-13(18)19/h5-8,16,21H,3-4H2,1-2H3,(H,18,19)/b8-7+. The number of hydrogen-bond donors (Lipinski definition) is 3. The van der Waals surface area contributed by atoms with E-state index in [1.165, 1.54) is 19.1 Å². The molecule has 0 heterocycles. The summed E-state index contributed by atoms with van der Waals surface area (Å²) in [6.07, 6.45) is 2.57. The predicted octanol–water partition coefficient (Wildman–Crippen LogP) is 2.06. The molecule has 1 rings (SSSR count). The van der Waals surface area contributed by atoms with Gasteiger partial charge in [0, 0.05) is 17.7 Å². The quantitative estimate of drug-likeness (QED) is 0.401. The summed E-state index contributed by atoms with van der Waals surface area (Å²) in [5.41, 5.74) is 3.33. The van der Waals surface area contributed by atoms with Crippen molar-refractivity contribution in [1.29, 1.82) is 0 Å². The Morgan fingerprint density at radius 1 is 1.27 bits per heavy atom. The molecule has 1 aromatic rings. The lowest BCUT2D eigenvalue weighted by Crippen LogP contribution is -2.10. The summed E-state index contributed by atoms with van der Waals surface area (Å²) in [5, 5.41) is 18.5. The molecule has 3 N–H and O–H groups in total. The van der Waals surface area contributed by atoms with Gasteiger partial charge in [-0.1, -0.05) is 13.3 Å². The number of ketones is 1. The Kier molecular flexibility index (Phi) is 6.12. The van der Waals surface area contributed by atoms with Gasteiger partial charge in [-0.3, -0.25) is 4.79 Å². The van der Waals surface area contributed by atoms with E-state index in [1.807, 2.05) is 6.92 Å². The van der Waals surface area contributed by atoms with Crippen LogP contribution >= 0.6 is 0 Å². The number of hydrogen-bond acceptors (Lipinski definition) is 6. The minimum absolute atomic E-state index is 0.156. The van der Waals surface area contributed by atoms with Crippen molar-refractivity contribution in [3.8, 4) is 5.75 Å². The molecule has 0 amide bonds. The molecule has 0 unspecified atom stereocenters. The van der Waals surface area contributed by atoms with Gasteiger partial charge in [0.2, 0.25) is 0 Å². The van der Waals surface area contributed by atoms with Crippen molar-refractivity contribution in [3.63, 3.8) is 0 Å². The van der Waals surface area contributed by atoms with Crippen molar-refractivity contribution in [2.75, 3.05) is 5.48 Å². The maximum Gasteiger partial charge on any atom is 0.355 e. The fourth-order valence-corrected chi connectivity index (χ4v) is 1.80. The minimum atomic E-state index is -1.27. The van der Waals surface area contributed by atoms with E-state index in [-0.39, 0.29) is 17.1 Å². The van der Waals surface area contributed by atoms with E-state index >= 15 is 0 Å². The van der Waals surface area contributed by atoms with Crippen LogP contribution < -0.4 is 5.48 Å². The first-order chi connectivity index (χ1) is 10.4. The largest absolute Gasteiger partial charge is 0.507 e. The number of carboxylic acids is 1. The number of anilines is 1. The molecule has 22 heavy (non-hydrogen) atoms. The molecule has 0 saturated carbocycles. The van der Waals surface area contributed by atoms with Gasteiger partial charge in [-0.25, -0.2) is 15.1 Å². The molecule has 0 aromatic heterocycles. The number of phenolic OH excluding ortho intramolecular Hbond substituents is 1. The highest BCUT2D eigenvalue weighted by atomic mass is 16.7. The van der Waals surface area contributed by atoms with Crippen molar-refractivity contribution in [2.24, 2.45) is 0 Å². The fourth-order valence-electron chi connectivity index (χ4n) is 1.80. The molecule has 7 nitrogen and oxygen atoms in total. The van der Waals surface area contributed by atoms with Crippen molar-refractivity contribution in [1.82, 2.24) is 0 Å². The third-order valence-electron chi connectivity index (χ3n) is 2.79. The van der Waals surface area contributed by atoms with E-state index in [9.17, 15) is 19.5 Å². The molecule has 0 radical (unpaired) electrons. The third kappa shape index (κ3) is 4.62. The summed E-state index contributed by atoms with van der Waals surface area (Å²) in [4.78, 5) is 37.7. The molecule has 0 aliphatic rings. The summed E-state index contributed by atoms with van der Waals surface area (Å²) in [6, 6.07) is 2.93. The first-order valence-electron chi connectivity index (χ1n) is 6.60. The average molecular weight is 307 g/mol. The molecule has 0 atom stereocenters. The second-order valence-electron chi connectivity index (χ2n) is 4.49. The van der Waals surface area contributed by atoms with E-state index in [4.69, 9.17) is 5.11 Å². The predicted molar refractivity (Wildman–Crippen MR) is 78.6 cm³/mol. The lowest BCUT2D eigenvalue weighted by molar-refractivity contribution is -0.136. The Labute approximate surface area is 127 Å². The van der Waals surface area contributed by atoms with Crippen LogP contribution in [0.2, 0.25) is 0 Å². The summed E-state index contributed by atoms with van der Waals surface area (Å²) in [7, 11) is 0. The first kappa shape index (κ1) is 17.2. The zero-order valence-electron chi connectivity index (χ0n) is 12.3. The Hall–Kier alpha value is -2.83. The summed E-state index contributed by atoms with van der Waals surface area (Å²) in [6.45, 7) is 3.24. The van der Waals surface area contributed by atoms with Gasteiger partial charge in [0.25, 0.3) is 0 Å². The van der Waals surface area contributed by atoms with Crippen molar-refractivity contribution in [3.05, 3.63) is 35.4 Å². The highest BCUT2D eigenvalue weighted by Gasteiger charge is 2.15. The van der Waals surface area contributed by atoms with Crippen LogP contribution in [0.25, 0.3) is 0 Å². The molecular formula is C15H17NO6. The van der Waals surface area contributed by atoms with Crippen LogP contribution in [-0.4, -0.2) is 27.9 Å². The van der Waals surface area contributed by atoms with Crippen LogP contribution in [0.15, 0.2) is 24.3 Å². The second-order valence-corrected chi connectivity index (χ2v) is 4.49. The number of Topliss-reactive ketones (excluding diaryl/α,β-unsaturated/α-hetero) is 1. The number of rotatable bonds is 7. The number of carbonyl (C=O) groups excluding carboxylic acids is 2. The summed E-state index contributed by atoms with van der Waals surface area (Å²) in [5.74, 6) is -2.61. The van der Waals surface area contributed by atoms with Crippen molar-refractivity contribution < 1.29 is 29.4 Å². The fraction of sp³-hybridized carbons (Fsp3) is 0.267. The zero-order chi connectivity index (χ0) is 16.7. The smallest absolute Gasteiger partial charge is 0.355 e.